The summed E-state index contributed by atoms with van der Waals surface area (Å²) in [6.07, 6.45) is 8.44. The van der Waals surface area contributed by atoms with Crippen molar-refractivity contribution >= 4 is 5.91 Å². The Morgan fingerprint density at radius 1 is 1.26 bits per heavy atom. The quantitative estimate of drug-likeness (QED) is 0.830. The smallest absolute Gasteiger partial charge is 0.222 e. The Balaban J connectivity index is 1.92. The van der Waals surface area contributed by atoms with Crippen LogP contribution >= 0.6 is 0 Å². The molecule has 3 heteroatoms. The van der Waals surface area contributed by atoms with Crippen molar-refractivity contribution < 1.29 is 4.79 Å². The van der Waals surface area contributed by atoms with Crippen LogP contribution in [0.2, 0.25) is 0 Å². The summed E-state index contributed by atoms with van der Waals surface area (Å²) < 4.78 is 0. The average Bonchev–Trinajstić information content (AvgIpc) is 2.88. The second-order valence-corrected chi connectivity index (χ2v) is 6.48. The molecule has 0 radical (unpaired) electrons. The van der Waals surface area contributed by atoms with Crippen molar-refractivity contribution in [1.29, 1.82) is 0 Å². The third-order valence-electron chi connectivity index (χ3n) is 4.95. The zero-order valence-corrected chi connectivity index (χ0v) is 12.7. The van der Waals surface area contributed by atoms with Crippen molar-refractivity contribution in [3.8, 4) is 0 Å². The molecular formula is C16H30N2O. The third kappa shape index (κ3) is 4.20. The molecule has 0 bridgehead atoms. The summed E-state index contributed by atoms with van der Waals surface area (Å²) in [5, 5.41) is 3.63. The van der Waals surface area contributed by atoms with Gasteiger partial charge in [-0.05, 0) is 44.1 Å². The highest BCUT2D eigenvalue weighted by atomic mass is 16.2. The molecule has 2 atom stereocenters. The molecule has 1 heterocycles. The molecule has 2 unspecified atom stereocenters. The van der Waals surface area contributed by atoms with Crippen molar-refractivity contribution in [2.45, 2.75) is 64.8 Å². The normalized spacial score (nSPS) is 27.6. The van der Waals surface area contributed by atoms with Crippen LogP contribution in [-0.4, -0.2) is 36.5 Å². The SMILES string of the molecule is CCNC(CN1CCC(C)CCC1=O)C1CCCC1. The molecule has 1 saturated heterocycles. The van der Waals surface area contributed by atoms with Gasteiger partial charge in [0.05, 0.1) is 0 Å². The lowest BCUT2D eigenvalue weighted by Gasteiger charge is -2.31. The van der Waals surface area contributed by atoms with Crippen molar-refractivity contribution in [1.82, 2.24) is 10.2 Å². The molecule has 3 nitrogen and oxygen atoms in total. The van der Waals surface area contributed by atoms with Crippen molar-refractivity contribution in [3.05, 3.63) is 0 Å². The summed E-state index contributed by atoms with van der Waals surface area (Å²) in [7, 11) is 0. The molecule has 1 saturated carbocycles. The van der Waals surface area contributed by atoms with E-state index in [1.165, 1.54) is 32.1 Å². The second-order valence-electron chi connectivity index (χ2n) is 6.48. The van der Waals surface area contributed by atoms with E-state index >= 15 is 0 Å². The van der Waals surface area contributed by atoms with Gasteiger partial charge in [-0.25, -0.2) is 0 Å². The second kappa shape index (κ2) is 7.28. The molecule has 2 fully saturated rings. The molecule has 0 aromatic rings. The molecule has 1 aliphatic carbocycles. The van der Waals surface area contributed by atoms with Gasteiger partial charge < -0.3 is 10.2 Å². The highest BCUT2D eigenvalue weighted by Gasteiger charge is 2.28. The first-order chi connectivity index (χ1) is 9.20. The van der Waals surface area contributed by atoms with Gasteiger partial charge in [-0.3, -0.25) is 4.79 Å². The van der Waals surface area contributed by atoms with Crippen molar-refractivity contribution in [3.63, 3.8) is 0 Å². The van der Waals surface area contributed by atoms with Crippen LogP contribution in [0.4, 0.5) is 0 Å². The molecule has 19 heavy (non-hydrogen) atoms. The minimum absolute atomic E-state index is 0.380. The summed E-state index contributed by atoms with van der Waals surface area (Å²) >= 11 is 0. The number of carbonyl (C=O) groups excluding carboxylic acids is 1. The number of amides is 1. The lowest BCUT2D eigenvalue weighted by atomic mass is 9.97. The van der Waals surface area contributed by atoms with E-state index in [-0.39, 0.29) is 0 Å². The lowest BCUT2D eigenvalue weighted by molar-refractivity contribution is -0.131. The maximum absolute atomic E-state index is 12.2. The first-order valence-corrected chi connectivity index (χ1v) is 8.22. The van der Waals surface area contributed by atoms with Crippen LogP contribution in [0.15, 0.2) is 0 Å². The molecule has 1 aliphatic heterocycles. The monoisotopic (exact) mass is 266 g/mol. The van der Waals surface area contributed by atoms with Crippen LogP contribution in [0.3, 0.4) is 0 Å². The Hall–Kier alpha value is -0.570. The number of hydrogen-bond acceptors (Lipinski definition) is 2. The van der Waals surface area contributed by atoms with E-state index in [1.807, 2.05) is 0 Å². The van der Waals surface area contributed by atoms with Gasteiger partial charge in [0.25, 0.3) is 0 Å². The molecule has 110 valence electrons. The van der Waals surface area contributed by atoms with Gasteiger partial charge in [-0.2, -0.15) is 0 Å². The van der Waals surface area contributed by atoms with E-state index in [9.17, 15) is 4.79 Å². The van der Waals surface area contributed by atoms with E-state index in [0.717, 1.165) is 38.4 Å². The number of carbonyl (C=O) groups is 1. The molecule has 1 N–H and O–H groups in total. The van der Waals surface area contributed by atoms with E-state index in [2.05, 4.69) is 24.1 Å². The van der Waals surface area contributed by atoms with Gasteiger partial charge >= 0.3 is 0 Å². The average molecular weight is 266 g/mol. The fraction of sp³-hybridized carbons (Fsp3) is 0.938. The van der Waals surface area contributed by atoms with Crippen LogP contribution < -0.4 is 5.32 Å². The number of rotatable bonds is 5. The Bertz CT molecular complexity index is 286. The molecule has 2 rings (SSSR count). The van der Waals surface area contributed by atoms with Crippen LogP contribution in [0.1, 0.15) is 58.8 Å². The summed E-state index contributed by atoms with van der Waals surface area (Å²) in [4.78, 5) is 14.3. The van der Waals surface area contributed by atoms with Crippen LogP contribution in [0.25, 0.3) is 0 Å². The summed E-state index contributed by atoms with van der Waals surface area (Å²) in [5.41, 5.74) is 0. The summed E-state index contributed by atoms with van der Waals surface area (Å²) in [6, 6.07) is 0.518. The van der Waals surface area contributed by atoms with Gasteiger partial charge in [0.15, 0.2) is 0 Å². The first-order valence-electron chi connectivity index (χ1n) is 8.22. The topological polar surface area (TPSA) is 32.3 Å². The minimum Gasteiger partial charge on any atom is -0.341 e. The number of likely N-dealkylation sites (tertiary alicyclic amines) is 1. The summed E-state index contributed by atoms with van der Waals surface area (Å²) in [5.74, 6) is 1.87. The molecule has 0 aromatic carbocycles. The Morgan fingerprint density at radius 2 is 2.00 bits per heavy atom. The Labute approximate surface area is 118 Å². The van der Waals surface area contributed by atoms with Gasteiger partial charge in [0.2, 0.25) is 5.91 Å². The van der Waals surface area contributed by atoms with Crippen LogP contribution in [-0.2, 0) is 4.79 Å². The van der Waals surface area contributed by atoms with E-state index in [0.29, 0.717) is 17.9 Å². The van der Waals surface area contributed by atoms with Gasteiger partial charge in [-0.1, -0.05) is 26.7 Å². The highest BCUT2D eigenvalue weighted by Crippen LogP contribution is 2.29. The van der Waals surface area contributed by atoms with E-state index < -0.39 is 0 Å². The predicted molar refractivity (Wildman–Crippen MR) is 79.0 cm³/mol. The number of nitrogens with zero attached hydrogens (tertiary/aromatic N) is 1. The fourth-order valence-corrected chi connectivity index (χ4v) is 3.61. The maximum Gasteiger partial charge on any atom is 0.222 e. The zero-order chi connectivity index (χ0) is 13.7. The predicted octanol–water partition coefficient (Wildman–Crippen LogP) is 2.80. The van der Waals surface area contributed by atoms with Gasteiger partial charge in [-0.15, -0.1) is 0 Å². The number of nitrogens with one attached hydrogen (secondary N) is 1. The zero-order valence-electron chi connectivity index (χ0n) is 12.7. The van der Waals surface area contributed by atoms with Gasteiger partial charge in [0, 0.05) is 25.6 Å². The first kappa shape index (κ1) is 14.8. The Kier molecular flexibility index (Phi) is 5.68. The highest BCUT2D eigenvalue weighted by molar-refractivity contribution is 5.76. The van der Waals surface area contributed by atoms with Crippen LogP contribution in [0, 0.1) is 11.8 Å². The molecular weight excluding hydrogens is 236 g/mol. The van der Waals surface area contributed by atoms with Crippen LogP contribution in [0.5, 0.6) is 0 Å². The van der Waals surface area contributed by atoms with E-state index in [1.54, 1.807) is 0 Å². The van der Waals surface area contributed by atoms with E-state index in [4.69, 9.17) is 0 Å². The minimum atomic E-state index is 0.380. The maximum atomic E-state index is 12.2. The van der Waals surface area contributed by atoms with Gasteiger partial charge in [0.1, 0.15) is 0 Å². The molecule has 0 spiro atoms. The third-order valence-corrected chi connectivity index (χ3v) is 4.95. The number of likely N-dealkylation sites (N-methyl/N-ethyl adjacent to an activating group) is 1. The van der Waals surface area contributed by atoms with Crippen molar-refractivity contribution in [2.75, 3.05) is 19.6 Å². The van der Waals surface area contributed by atoms with Crippen molar-refractivity contribution in [2.24, 2.45) is 11.8 Å². The largest absolute Gasteiger partial charge is 0.341 e. The summed E-state index contributed by atoms with van der Waals surface area (Å²) in [6.45, 7) is 7.36. The lowest BCUT2D eigenvalue weighted by Crippen LogP contribution is -2.47. The molecule has 1 amide bonds. The number of hydrogen-bond donors (Lipinski definition) is 1. The fourth-order valence-electron chi connectivity index (χ4n) is 3.61. The molecule has 0 aromatic heterocycles. The molecule has 2 aliphatic rings. The Morgan fingerprint density at radius 3 is 2.68 bits per heavy atom. The standard InChI is InChI=1S/C16H30N2O/c1-3-17-15(14-6-4-5-7-14)12-18-11-10-13(2)8-9-16(18)19/h13-15,17H,3-12H2,1-2H3.